The molecule has 0 fully saturated rings. The molecule has 0 unspecified atom stereocenters. The zero-order chi connectivity index (χ0) is 16.1. The number of methoxy groups -OCH3 is 3. The fourth-order valence-corrected chi connectivity index (χ4v) is 1.42. The van der Waals surface area contributed by atoms with E-state index in [9.17, 15) is 14.4 Å². The number of rotatable bonds is 8. The molecule has 0 atom stereocenters. The van der Waals surface area contributed by atoms with Crippen LogP contribution in [-0.4, -0.2) is 39.4 Å². The topological polar surface area (TPSA) is 88.1 Å². The maximum atomic E-state index is 11.4. The van der Waals surface area contributed by atoms with Crippen LogP contribution in [0.15, 0.2) is 24.5 Å². The Kier molecular flexibility index (Phi) is 10.2. The number of allylic oxidation sites excluding steroid dienone is 3. The number of unbranched alkanes of at least 4 members (excludes halogenated alkanes) is 1. The van der Waals surface area contributed by atoms with Gasteiger partial charge in [0.15, 0.2) is 5.92 Å². The van der Waals surface area contributed by atoms with E-state index in [1.165, 1.54) is 33.7 Å². The summed E-state index contributed by atoms with van der Waals surface area (Å²) >= 11 is 0. The van der Waals surface area contributed by atoms with E-state index >= 15 is 0 Å². The van der Waals surface area contributed by atoms with Crippen molar-refractivity contribution in [3.05, 3.63) is 24.5 Å². The molecule has 0 aliphatic rings. The van der Waals surface area contributed by atoms with E-state index in [0.717, 1.165) is 0 Å². The van der Waals surface area contributed by atoms with E-state index in [1.807, 2.05) is 6.08 Å². The van der Waals surface area contributed by atoms with Gasteiger partial charge in [-0.3, -0.25) is 9.59 Å². The molecular weight excluding hydrogens is 280 g/mol. The summed E-state index contributed by atoms with van der Waals surface area (Å²) in [5.74, 6) is -2.10. The summed E-state index contributed by atoms with van der Waals surface area (Å²) in [7, 11) is 3.67. The van der Waals surface area contributed by atoms with E-state index in [2.05, 4.69) is 18.9 Å². The maximum absolute atomic E-state index is 11.4. The van der Waals surface area contributed by atoms with Crippen molar-refractivity contribution in [1.82, 2.24) is 0 Å². The molecule has 0 aliphatic heterocycles. The van der Waals surface area contributed by atoms with Crippen LogP contribution in [0.1, 0.15) is 19.3 Å². The predicted octanol–water partition coefficient (Wildman–Crippen LogP) is 1.97. The number of esters is 2. The number of carbonyl (C=O) groups is 3. The Balaban J connectivity index is 4.02. The third-order valence-corrected chi connectivity index (χ3v) is 2.49. The van der Waals surface area contributed by atoms with Crippen LogP contribution in [-0.2, 0) is 28.5 Å². The fraction of sp³-hybridized carbons (Fsp3) is 0.500. The molecule has 7 heteroatoms. The molecule has 0 saturated carbocycles. The molecule has 0 rings (SSSR count). The van der Waals surface area contributed by atoms with Crippen molar-refractivity contribution in [3.63, 3.8) is 0 Å². The Hall–Kier alpha value is -2.31. The molecule has 21 heavy (non-hydrogen) atoms. The molecule has 0 aromatic heterocycles. The molecular formula is C14H20O7. The molecule has 0 heterocycles. The van der Waals surface area contributed by atoms with Gasteiger partial charge in [-0.05, 0) is 25.3 Å². The Bertz CT molecular complexity index is 382. The number of hydrogen-bond acceptors (Lipinski definition) is 7. The van der Waals surface area contributed by atoms with Gasteiger partial charge in [-0.15, -0.1) is 0 Å². The van der Waals surface area contributed by atoms with E-state index in [-0.39, 0.29) is 0 Å². The van der Waals surface area contributed by atoms with Gasteiger partial charge in [0.2, 0.25) is 0 Å². The van der Waals surface area contributed by atoms with E-state index < -0.39 is 24.0 Å². The van der Waals surface area contributed by atoms with Gasteiger partial charge in [0, 0.05) is 0 Å². The lowest BCUT2D eigenvalue weighted by Gasteiger charge is -2.11. The van der Waals surface area contributed by atoms with Crippen molar-refractivity contribution < 1.29 is 33.3 Å². The van der Waals surface area contributed by atoms with Crippen LogP contribution in [0.2, 0.25) is 0 Å². The zero-order valence-corrected chi connectivity index (χ0v) is 12.4. The van der Waals surface area contributed by atoms with Crippen LogP contribution in [0.5, 0.6) is 0 Å². The first-order valence-corrected chi connectivity index (χ1v) is 6.28. The van der Waals surface area contributed by atoms with Crippen molar-refractivity contribution in [1.29, 1.82) is 0 Å². The number of ether oxygens (including phenoxy) is 4. The minimum Gasteiger partial charge on any atom is -0.468 e. The number of hydrogen-bond donors (Lipinski definition) is 0. The molecule has 0 aliphatic carbocycles. The Morgan fingerprint density at radius 1 is 0.952 bits per heavy atom. The lowest BCUT2D eigenvalue weighted by atomic mass is 10.0. The van der Waals surface area contributed by atoms with Gasteiger partial charge in [-0.25, -0.2) is 4.79 Å². The zero-order valence-electron chi connectivity index (χ0n) is 12.4. The van der Waals surface area contributed by atoms with Crippen LogP contribution >= 0.6 is 0 Å². The third-order valence-electron chi connectivity index (χ3n) is 2.49. The molecule has 0 bridgehead atoms. The Labute approximate surface area is 123 Å². The Morgan fingerprint density at radius 2 is 1.57 bits per heavy atom. The van der Waals surface area contributed by atoms with Crippen molar-refractivity contribution in [2.24, 2.45) is 5.92 Å². The second-order valence-electron chi connectivity index (χ2n) is 3.86. The fourth-order valence-electron chi connectivity index (χ4n) is 1.42. The van der Waals surface area contributed by atoms with Gasteiger partial charge in [-0.2, -0.15) is 0 Å². The van der Waals surface area contributed by atoms with Gasteiger partial charge in [0.25, 0.3) is 0 Å². The summed E-state index contributed by atoms with van der Waals surface area (Å²) in [5, 5.41) is 0. The van der Waals surface area contributed by atoms with Crippen LogP contribution in [0.25, 0.3) is 0 Å². The van der Waals surface area contributed by atoms with Gasteiger partial charge < -0.3 is 18.9 Å². The molecule has 118 valence electrons. The second kappa shape index (κ2) is 11.5. The summed E-state index contributed by atoms with van der Waals surface area (Å²) < 4.78 is 17.9. The minimum absolute atomic E-state index is 0.339. The van der Waals surface area contributed by atoms with E-state index in [0.29, 0.717) is 19.3 Å². The molecule has 0 aromatic carbocycles. The molecule has 0 radical (unpaired) electrons. The van der Waals surface area contributed by atoms with Gasteiger partial charge >= 0.3 is 18.1 Å². The van der Waals surface area contributed by atoms with Gasteiger partial charge in [0.1, 0.15) is 0 Å². The lowest BCUT2D eigenvalue weighted by molar-refractivity contribution is -0.159. The summed E-state index contributed by atoms with van der Waals surface area (Å²) in [4.78, 5) is 33.4. The largest absolute Gasteiger partial charge is 0.512 e. The van der Waals surface area contributed by atoms with Crippen LogP contribution in [0.4, 0.5) is 4.79 Å². The van der Waals surface area contributed by atoms with Gasteiger partial charge in [-0.1, -0.05) is 12.2 Å². The summed E-state index contributed by atoms with van der Waals surface area (Å²) in [6.07, 6.45) is 6.99. The van der Waals surface area contributed by atoms with Crippen molar-refractivity contribution in [2.75, 3.05) is 21.3 Å². The van der Waals surface area contributed by atoms with Crippen LogP contribution in [0, 0.1) is 5.92 Å². The predicted molar refractivity (Wildman–Crippen MR) is 73.1 cm³/mol. The Morgan fingerprint density at radius 3 is 2.10 bits per heavy atom. The molecule has 0 N–H and O–H groups in total. The first-order valence-electron chi connectivity index (χ1n) is 6.28. The quantitative estimate of drug-likeness (QED) is 0.169. The smallest absolute Gasteiger partial charge is 0.468 e. The van der Waals surface area contributed by atoms with Crippen molar-refractivity contribution in [2.45, 2.75) is 19.3 Å². The molecule has 7 nitrogen and oxygen atoms in total. The van der Waals surface area contributed by atoms with Crippen molar-refractivity contribution >= 4 is 18.1 Å². The first kappa shape index (κ1) is 18.7. The molecule has 0 amide bonds. The van der Waals surface area contributed by atoms with Crippen molar-refractivity contribution in [3.8, 4) is 0 Å². The minimum atomic E-state index is -0.897. The highest BCUT2D eigenvalue weighted by molar-refractivity contribution is 5.94. The normalized spacial score (nSPS) is 10.9. The van der Waals surface area contributed by atoms with Gasteiger partial charge in [0.05, 0.1) is 27.6 Å². The first-order chi connectivity index (χ1) is 10.1. The highest BCUT2D eigenvalue weighted by atomic mass is 16.7. The highest BCUT2D eigenvalue weighted by Gasteiger charge is 2.27. The summed E-state index contributed by atoms with van der Waals surface area (Å²) in [6.45, 7) is 0. The summed E-state index contributed by atoms with van der Waals surface area (Å²) in [5.41, 5.74) is 0. The average Bonchev–Trinajstić information content (AvgIpc) is 2.51. The summed E-state index contributed by atoms with van der Waals surface area (Å²) in [6, 6.07) is 0. The number of carbonyl (C=O) groups excluding carboxylic acids is 3. The lowest BCUT2D eigenvalue weighted by Crippen LogP contribution is -2.26. The average molecular weight is 300 g/mol. The SMILES string of the molecule is COC(=O)O/C=C/C=C/CCCC(C(=O)OC)C(=O)OC. The molecule has 0 spiro atoms. The molecule has 0 aromatic rings. The van der Waals surface area contributed by atoms with Crippen LogP contribution in [0.3, 0.4) is 0 Å². The van der Waals surface area contributed by atoms with E-state index in [1.54, 1.807) is 6.08 Å². The molecule has 0 saturated heterocycles. The van der Waals surface area contributed by atoms with Crippen LogP contribution < -0.4 is 0 Å². The third kappa shape index (κ3) is 8.46. The van der Waals surface area contributed by atoms with E-state index in [4.69, 9.17) is 0 Å². The standard InChI is InChI=1S/C14H20O7/c1-18-12(15)11(13(16)19-2)9-7-5-4-6-8-10-21-14(17)20-3/h4,6,8,10-11H,5,7,9H2,1-3H3/b6-4+,10-8+. The monoisotopic (exact) mass is 300 g/mol. The highest BCUT2D eigenvalue weighted by Crippen LogP contribution is 2.12. The second-order valence-corrected chi connectivity index (χ2v) is 3.86. The maximum Gasteiger partial charge on any atom is 0.512 e.